The lowest BCUT2D eigenvalue weighted by Gasteiger charge is -2.40. The molecule has 1 amide bonds. The monoisotopic (exact) mass is 506 g/mol. The second-order valence-corrected chi connectivity index (χ2v) is 11.2. The average molecular weight is 507 g/mol. The van der Waals surface area contributed by atoms with Gasteiger partial charge in [-0.1, -0.05) is 36.2 Å². The molecule has 3 aromatic rings. The molecule has 2 fully saturated rings. The molecule has 1 aromatic heterocycles. The Hall–Kier alpha value is -2.70. The average Bonchev–Trinajstić information content (AvgIpc) is 2.83. The summed E-state index contributed by atoms with van der Waals surface area (Å²) in [6.45, 7) is 7.39. The molecular formula is C29H35ClN4O2. The number of hydrogen-bond donors (Lipinski definition) is 1. The van der Waals surface area contributed by atoms with E-state index in [2.05, 4.69) is 16.3 Å². The summed E-state index contributed by atoms with van der Waals surface area (Å²) in [6, 6.07) is 13.3. The van der Waals surface area contributed by atoms with Crippen LogP contribution in [0.5, 0.6) is 0 Å². The van der Waals surface area contributed by atoms with Crippen molar-refractivity contribution in [3.05, 3.63) is 63.4 Å². The predicted molar refractivity (Wildman–Crippen MR) is 145 cm³/mol. The van der Waals surface area contributed by atoms with Crippen LogP contribution in [0.3, 0.4) is 0 Å². The van der Waals surface area contributed by atoms with Crippen molar-refractivity contribution in [3.8, 4) is 11.4 Å². The molecule has 6 nitrogen and oxygen atoms in total. The highest BCUT2D eigenvalue weighted by Crippen LogP contribution is 2.42. The molecule has 1 N–H and O–H groups in total. The number of amides is 1. The van der Waals surface area contributed by atoms with E-state index in [1.165, 1.54) is 61.9 Å². The third-order valence-electron chi connectivity index (χ3n) is 7.48. The summed E-state index contributed by atoms with van der Waals surface area (Å²) in [6.07, 6.45) is 6.35. The van der Waals surface area contributed by atoms with Gasteiger partial charge in [0.05, 0.1) is 10.9 Å². The number of nitrogens with one attached hydrogen (secondary N) is 1. The van der Waals surface area contributed by atoms with Crippen LogP contribution in [0.1, 0.15) is 57.4 Å². The summed E-state index contributed by atoms with van der Waals surface area (Å²) in [5.74, 6) is 1.46. The van der Waals surface area contributed by atoms with Crippen LogP contribution in [0.2, 0.25) is 5.02 Å². The van der Waals surface area contributed by atoms with Crippen molar-refractivity contribution in [2.75, 3.05) is 19.6 Å². The normalized spacial score (nSPS) is 20.4. The molecular weight excluding hydrogens is 472 g/mol. The van der Waals surface area contributed by atoms with Crippen molar-refractivity contribution in [3.63, 3.8) is 0 Å². The van der Waals surface area contributed by atoms with E-state index in [1.807, 2.05) is 38.1 Å². The maximum Gasteiger partial charge on any atom is 0.262 e. The molecule has 0 unspecified atom stereocenters. The minimum Gasteiger partial charge on any atom is -0.352 e. The molecule has 1 saturated heterocycles. The third-order valence-corrected chi connectivity index (χ3v) is 7.72. The zero-order valence-electron chi connectivity index (χ0n) is 21.2. The van der Waals surface area contributed by atoms with Gasteiger partial charge < -0.3 is 10.2 Å². The lowest BCUT2D eigenvalue weighted by Crippen LogP contribution is -2.38. The Morgan fingerprint density at radius 2 is 1.89 bits per heavy atom. The van der Waals surface area contributed by atoms with Gasteiger partial charge in [-0.25, -0.2) is 4.98 Å². The summed E-state index contributed by atoms with van der Waals surface area (Å²) in [7, 11) is 0. The van der Waals surface area contributed by atoms with Gasteiger partial charge in [-0.3, -0.25) is 14.2 Å². The molecule has 0 radical (unpaired) electrons. The molecule has 36 heavy (non-hydrogen) atoms. The molecule has 1 saturated carbocycles. The lowest BCUT2D eigenvalue weighted by atomic mass is 9.71. The largest absolute Gasteiger partial charge is 0.352 e. The SMILES string of the molecule is CC(C)NC(=O)Cn1c(-c2cccc(Cl)c2)nc2ccc([C@H]3C[C@H](CN4CCCCC4)C3)cc2c1=O. The highest BCUT2D eigenvalue weighted by Gasteiger charge is 2.32. The summed E-state index contributed by atoms with van der Waals surface area (Å²) < 4.78 is 1.48. The molecule has 1 aliphatic carbocycles. The summed E-state index contributed by atoms with van der Waals surface area (Å²) in [5, 5.41) is 4.01. The Labute approximate surface area is 217 Å². The minimum absolute atomic E-state index is 0.0145. The van der Waals surface area contributed by atoms with Crippen LogP contribution >= 0.6 is 11.6 Å². The molecule has 2 aromatic carbocycles. The van der Waals surface area contributed by atoms with Gasteiger partial charge in [0.25, 0.3) is 5.56 Å². The number of rotatable bonds is 7. The fourth-order valence-corrected chi connectivity index (χ4v) is 5.85. The Bertz CT molecular complexity index is 1310. The van der Waals surface area contributed by atoms with E-state index in [-0.39, 0.29) is 24.1 Å². The zero-order valence-corrected chi connectivity index (χ0v) is 21.9. The van der Waals surface area contributed by atoms with Crippen molar-refractivity contribution < 1.29 is 4.79 Å². The third kappa shape index (κ3) is 5.50. The number of hydrogen-bond acceptors (Lipinski definition) is 4. The second kappa shape index (κ2) is 10.7. The summed E-state index contributed by atoms with van der Waals surface area (Å²) in [5.41, 5.74) is 2.36. The number of likely N-dealkylation sites (tertiary alicyclic amines) is 1. The second-order valence-electron chi connectivity index (χ2n) is 10.7. The lowest BCUT2D eigenvalue weighted by molar-refractivity contribution is -0.122. The first-order valence-corrected chi connectivity index (χ1v) is 13.6. The maximum absolute atomic E-state index is 13.7. The van der Waals surface area contributed by atoms with Crippen LogP contribution in [-0.4, -0.2) is 46.0 Å². The van der Waals surface area contributed by atoms with Crippen LogP contribution in [0.25, 0.3) is 22.3 Å². The van der Waals surface area contributed by atoms with E-state index in [0.29, 0.717) is 33.2 Å². The molecule has 0 atom stereocenters. The van der Waals surface area contributed by atoms with E-state index in [9.17, 15) is 9.59 Å². The van der Waals surface area contributed by atoms with Crippen molar-refractivity contribution in [1.29, 1.82) is 0 Å². The predicted octanol–water partition coefficient (Wildman–Crippen LogP) is 5.22. The van der Waals surface area contributed by atoms with Gasteiger partial charge in [0.1, 0.15) is 12.4 Å². The molecule has 0 bridgehead atoms. The van der Waals surface area contributed by atoms with E-state index >= 15 is 0 Å². The summed E-state index contributed by atoms with van der Waals surface area (Å²) in [4.78, 5) is 33.9. The van der Waals surface area contributed by atoms with Gasteiger partial charge in [0, 0.05) is 23.2 Å². The van der Waals surface area contributed by atoms with Gasteiger partial charge in [0.15, 0.2) is 0 Å². The number of nitrogens with zero attached hydrogens (tertiary/aromatic N) is 3. The molecule has 1 aliphatic heterocycles. The molecule has 190 valence electrons. The van der Waals surface area contributed by atoms with Gasteiger partial charge in [-0.2, -0.15) is 0 Å². The van der Waals surface area contributed by atoms with Gasteiger partial charge in [-0.05, 0) is 94.3 Å². The van der Waals surface area contributed by atoms with Crippen molar-refractivity contribution in [2.45, 2.75) is 64.5 Å². The Morgan fingerprint density at radius 1 is 1.11 bits per heavy atom. The fourth-order valence-electron chi connectivity index (χ4n) is 5.66. The Balaban J connectivity index is 1.44. The van der Waals surface area contributed by atoms with Gasteiger partial charge >= 0.3 is 0 Å². The van der Waals surface area contributed by atoms with E-state index in [1.54, 1.807) is 12.1 Å². The number of aromatic nitrogens is 2. The van der Waals surface area contributed by atoms with Crippen molar-refractivity contribution in [2.24, 2.45) is 5.92 Å². The highest BCUT2D eigenvalue weighted by atomic mass is 35.5. The first-order valence-electron chi connectivity index (χ1n) is 13.2. The first kappa shape index (κ1) is 25.0. The highest BCUT2D eigenvalue weighted by molar-refractivity contribution is 6.30. The van der Waals surface area contributed by atoms with Crippen LogP contribution in [-0.2, 0) is 11.3 Å². The zero-order chi connectivity index (χ0) is 25.2. The van der Waals surface area contributed by atoms with Crippen LogP contribution in [0.4, 0.5) is 0 Å². The number of benzene rings is 2. The van der Waals surface area contributed by atoms with E-state index in [0.717, 1.165) is 5.92 Å². The standard InChI is InChI=1S/C29H35ClN4O2/c1-19(2)31-27(35)18-34-28(22-7-6-8-24(30)15-22)32-26-10-9-21(16-25(26)29(34)36)23-13-20(14-23)17-33-11-4-3-5-12-33/h6-10,15-16,19-20,23H,3-5,11-14,17-18H2,1-2H3,(H,31,35)/t20-,23-. The molecule has 0 spiro atoms. The van der Waals surface area contributed by atoms with Crippen LogP contribution in [0.15, 0.2) is 47.3 Å². The number of fused-ring (bicyclic) bond motifs is 1. The van der Waals surface area contributed by atoms with Gasteiger partial charge in [-0.15, -0.1) is 0 Å². The van der Waals surface area contributed by atoms with Crippen molar-refractivity contribution in [1.82, 2.24) is 19.8 Å². The Kier molecular flexibility index (Phi) is 7.44. The maximum atomic E-state index is 13.7. The number of carbonyl (C=O) groups excluding carboxylic acids is 1. The summed E-state index contributed by atoms with van der Waals surface area (Å²) >= 11 is 6.23. The van der Waals surface area contributed by atoms with Crippen LogP contribution < -0.4 is 10.9 Å². The molecule has 7 heteroatoms. The van der Waals surface area contributed by atoms with Crippen molar-refractivity contribution >= 4 is 28.4 Å². The topological polar surface area (TPSA) is 67.2 Å². The quantitative estimate of drug-likeness (QED) is 0.477. The van der Waals surface area contributed by atoms with Crippen LogP contribution in [0, 0.1) is 5.92 Å². The number of piperidine rings is 1. The fraction of sp³-hybridized carbons (Fsp3) is 0.483. The molecule has 2 aliphatic rings. The molecule has 2 heterocycles. The smallest absolute Gasteiger partial charge is 0.262 e. The number of carbonyl (C=O) groups is 1. The number of halogens is 1. The van der Waals surface area contributed by atoms with Gasteiger partial charge in [0.2, 0.25) is 5.91 Å². The first-order chi connectivity index (χ1) is 17.4. The van der Waals surface area contributed by atoms with E-state index < -0.39 is 0 Å². The minimum atomic E-state index is -0.216. The molecule has 5 rings (SSSR count). The Morgan fingerprint density at radius 3 is 2.61 bits per heavy atom. The van der Waals surface area contributed by atoms with E-state index in [4.69, 9.17) is 16.6 Å².